The van der Waals surface area contributed by atoms with Gasteiger partial charge in [0.1, 0.15) is 5.78 Å². The smallest absolute Gasteiger partial charge is 0.130 e. The number of carbonyl (C=O) groups is 1. The molecule has 0 atom stereocenters. The van der Waals surface area contributed by atoms with Crippen molar-refractivity contribution in [1.29, 1.82) is 0 Å². The third-order valence-electron chi connectivity index (χ3n) is 3.25. The predicted octanol–water partition coefficient (Wildman–Crippen LogP) is 4.29. The molecule has 0 heterocycles. The van der Waals surface area contributed by atoms with Crippen LogP contribution in [0, 0.1) is 0 Å². The number of hydrogen-bond acceptors (Lipinski definition) is 1. The van der Waals surface area contributed by atoms with E-state index in [0.717, 1.165) is 6.42 Å². The van der Waals surface area contributed by atoms with E-state index in [1.807, 2.05) is 0 Å². The Morgan fingerprint density at radius 3 is 2.24 bits per heavy atom. The molecule has 0 N–H and O–H groups in total. The van der Waals surface area contributed by atoms with Gasteiger partial charge in [0, 0.05) is 6.42 Å². The van der Waals surface area contributed by atoms with E-state index < -0.39 is 0 Å². The third-order valence-corrected chi connectivity index (χ3v) is 3.25. The quantitative estimate of drug-likeness (QED) is 0.715. The second-order valence-electron chi connectivity index (χ2n) is 5.56. The molecule has 1 rings (SSSR count). The van der Waals surface area contributed by atoms with Crippen molar-refractivity contribution in [2.75, 3.05) is 0 Å². The van der Waals surface area contributed by atoms with Gasteiger partial charge in [-0.3, -0.25) is 4.79 Å². The van der Waals surface area contributed by atoms with E-state index in [1.54, 1.807) is 6.92 Å². The normalized spacial score (nSPS) is 11.5. The summed E-state index contributed by atoms with van der Waals surface area (Å²) < 4.78 is 0. The van der Waals surface area contributed by atoms with Crippen molar-refractivity contribution in [2.45, 2.75) is 58.8 Å². The van der Waals surface area contributed by atoms with E-state index in [4.69, 9.17) is 0 Å². The number of carbonyl (C=O) groups excluding carboxylic acids is 1. The van der Waals surface area contributed by atoms with Gasteiger partial charge in [-0.15, -0.1) is 0 Å². The number of unbranched alkanes of at least 4 members (excludes halogenated alkanes) is 1. The second kappa shape index (κ2) is 6.00. The molecule has 0 fully saturated rings. The molecule has 17 heavy (non-hydrogen) atoms. The maximum absolute atomic E-state index is 11.2. The van der Waals surface area contributed by atoms with Crippen LogP contribution in [0.5, 0.6) is 0 Å². The van der Waals surface area contributed by atoms with Crippen LogP contribution >= 0.6 is 0 Å². The van der Waals surface area contributed by atoms with E-state index in [1.165, 1.54) is 24.0 Å². The third kappa shape index (κ3) is 4.33. The summed E-state index contributed by atoms with van der Waals surface area (Å²) in [6, 6.07) is 8.75. The average Bonchev–Trinajstić information content (AvgIpc) is 2.25. The van der Waals surface area contributed by atoms with Gasteiger partial charge in [0.25, 0.3) is 0 Å². The average molecular weight is 232 g/mol. The minimum absolute atomic E-state index is 0.0465. The molecule has 1 aromatic carbocycles. The van der Waals surface area contributed by atoms with Crippen LogP contribution in [-0.2, 0) is 16.6 Å². The Hall–Kier alpha value is -1.11. The lowest BCUT2D eigenvalue weighted by Crippen LogP contribution is -2.20. The zero-order valence-electron chi connectivity index (χ0n) is 11.5. The topological polar surface area (TPSA) is 17.1 Å². The molecule has 1 aromatic rings. The number of hydrogen-bond donors (Lipinski definition) is 0. The van der Waals surface area contributed by atoms with E-state index >= 15 is 0 Å². The van der Waals surface area contributed by atoms with Crippen LogP contribution in [0.1, 0.15) is 58.1 Å². The highest BCUT2D eigenvalue weighted by Gasteiger charge is 2.22. The van der Waals surface area contributed by atoms with Gasteiger partial charge >= 0.3 is 0 Å². The van der Waals surface area contributed by atoms with Crippen LogP contribution in [0.2, 0.25) is 0 Å². The maximum Gasteiger partial charge on any atom is 0.130 e. The number of ketones is 1. The number of aryl methyl sites for hydroxylation is 1. The lowest BCUT2D eigenvalue weighted by atomic mass is 9.80. The first-order valence-electron chi connectivity index (χ1n) is 6.54. The molecule has 0 aliphatic carbocycles. The molecule has 0 aliphatic rings. The molecular formula is C16H24O. The molecule has 94 valence electrons. The van der Waals surface area contributed by atoms with Gasteiger partial charge in [-0.1, -0.05) is 51.5 Å². The number of Topliss-reactive ketones (excluding diaryl/α,β-unsaturated/α-hetero) is 1. The van der Waals surface area contributed by atoms with Crippen LogP contribution in [0.15, 0.2) is 24.3 Å². The molecule has 0 aromatic heterocycles. The van der Waals surface area contributed by atoms with Crippen LogP contribution in [0.4, 0.5) is 0 Å². The van der Waals surface area contributed by atoms with Crippen molar-refractivity contribution < 1.29 is 4.79 Å². The Morgan fingerprint density at radius 1 is 1.18 bits per heavy atom. The van der Waals surface area contributed by atoms with Crippen LogP contribution < -0.4 is 0 Å². The van der Waals surface area contributed by atoms with Gasteiger partial charge in [0.2, 0.25) is 0 Å². The fourth-order valence-electron chi connectivity index (χ4n) is 2.23. The van der Waals surface area contributed by atoms with E-state index in [2.05, 4.69) is 45.0 Å². The van der Waals surface area contributed by atoms with Crippen molar-refractivity contribution in [3.05, 3.63) is 35.4 Å². The molecular weight excluding hydrogens is 208 g/mol. The van der Waals surface area contributed by atoms with Crippen molar-refractivity contribution in [2.24, 2.45) is 0 Å². The van der Waals surface area contributed by atoms with Gasteiger partial charge < -0.3 is 0 Å². The van der Waals surface area contributed by atoms with Gasteiger partial charge in [-0.2, -0.15) is 0 Å². The first kappa shape index (κ1) is 14.0. The predicted molar refractivity (Wildman–Crippen MR) is 73.4 cm³/mol. The fraction of sp³-hybridized carbons (Fsp3) is 0.562. The zero-order chi connectivity index (χ0) is 12.9. The minimum Gasteiger partial charge on any atom is -0.300 e. The molecule has 0 aliphatic heterocycles. The molecule has 0 radical (unpaired) electrons. The number of rotatable bonds is 6. The Labute approximate surface area is 105 Å². The van der Waals surface area contributed by atoms with Crippen molar-refractivity contribution >= 4 is 5.78 Å². The molecule has 0 amide bonds. The Morgan fingerprint density at radius 2 is 1.76 bits per heavy atom. The van der Waals surface area contributed by atoms with Crippen molar-refractivity contribution in [1.82, 2.24) is 0 Å². The summed E-state index contributed by atoms with van der Waals surface area (Å²) in [6.07, 6.45) is 4.25. The highest BCUT2D eigenvalue weighted by atomic mass is 16.1. The lowest BCUT2D eigenvalue weighted by Gasteiger charge is -2.24. The minimum atomic E-state index is -0.0465. The van der Waals surface area contributed by atoms with Crippen LogP contribution in [-0.4, -0.2) is 5.78 Å². The van der Waals surface area contributed by atoms with Crippen LogP contribution in [0.3, 0.4) is 0 Å². The summed E-state index contributed by atoms with van der Waals surface area (Å²) in [6.45, 7) is 8.15. The molecule has 0 unspecified atom stereocenters. The van der Waals surface area contributed by atoms with Gasteiger partial charge in [-0.25, -0.2) is 0 Å². The second-order valence-corrected chi connectivity index (χ2v) is 5.56. The summed E-state index contributed by atoms with van der Waals surface area (Å²) in [5, 5.41) is 0. The van der Waals surface area contributed by atoms with Crippen LogP contribution in [0.25, 0.3) is 0 Å². The maximum atomic E-state index is 11.2. The monoisotopic (exact) mass is 232 g/mol. The Balaban J connectivity index is 2.75. The van der Waals surface area contributed by atoms with Crippen molar-refractivity contribution in [3.63, 3.8) is 0 Å². The summed E-state index contributed by atoms with van der Waals surface area (Å²) >= 11 is 0. The summed E-state index contributed by atoms with van der Waals surface area (Å²) in [5.74, 6) is 0.255. The van der Waals surface area contributed by atoms with E-state index in [0.29, 0.717) is 6.42 Å². The standard InChI is InChI=1S/C16H24O/c1-5-6-7-14-8-10-15(11-9-14)16(3,4)12-13(2)17/h8-11H,5-7,12H2,1-4H3. The highest BCUT2D eigenvalue weighted by Crippen LogP contribution is 2.27. The lowest BCUT2D eigenvalue weighted by molar-refractivity contribution is -0.118. The molecule has 1 nitrogen and oxygen atoms in total. The van der Waals surface area contributed by atoms with E-state index in [9.17, 15) is 4.79 Å². The molecule has 0 spiro atoms. The SMILES string of the molecule is CCCCc1ccc(C(C)(C)CC(C)=O)cc1. The molecule has 0 bridgehead atoms. The Kier molecular flexibility index (Phi) is 4.92. The zero-order valence-corrected chi connectivity index (χ0v) is 11.5. The Bertz CT molecular complexity index is 360. The van der Waals surface area contributed by atoms with E-state index in [-0.39, 0.29) is 11.2 Å². The van der Waals surface area contributed by atoms with Gasteiger partial charge in [0.05, 0.1) is 0 Å². The first-order valence-corrected chi connectivity index (χ1v) is 6.54. The fourth-order valence-corrected chi connectivity index (χ4v) is 2.23. The molecule has 0 saturated carbocycles. The molecule has 1 heteroatoms. The molecule has 0 saturated heterocycles. The largest absolute Gasteiger partial charge is 0.300 e. The summed E-state index contributed by atoms with van der Waals surface area (Å²) in [5.41, 5.74) is 2.61. The highest BCUT2D eigenvalue weighted by molar-refractivity contribution is 5.77. The summed E-state index contributed by atoms with van der Waals surface area (Å²) in [7, 11) is 0. The van der Waals surface area contributed by atoms with Crippen molar-refractivity contribution in [3.8, 4) is 0 Å². The summed E-state index contributed by atoms with van der Waals surface area (Å²) in [4.78, 5) is 11.2. The first-order chi connectivity index (χ1) is 7.95. The van der Waals surface area contributed by atoms with Gasteiger partial charge in [-0.05, 0) is 36.3 Å². The van der Waals surface area contributed by atoms with Gasteiger partial charge in [0.15, 0.2) is 0 Å². The number of benzene rings is 1.